The molecule has 1 saturated carbocycles. The largest absolute Gasteiger partial charge is 0.327 e. The van der Waals surface area contributed by atoms with E-state index in [2.05, 4.69) is 41.6 Å². The summed E-state index contributed by atoms with van der Waals surface area (Å²) in [6.07, 6.45) is 4.21. The maximum absolute atomic E-state index is 6.24. The van der Waals surface area contributed by atoms with Crippen LogP contribution in [0.3, 0.4) is 0 Å². The number of nitrogens with two attached hydrogens (primary N) is 1. The lowest BCUT2D eigenvalue weighted by Crippen LogP contribution is -2.46. The summed E-state index contributed by atoms with van der Waals surface area (Å²) in [5.74, 6) is 1.99. The number of hydrogen-bond donors (Lipinski definition) is 1. The van der Waals surface area contributed by atoms with Crippen molar-refractivity contribution in [2.45, 2.75) is 45.6 Å². The molecular weight excluding hydrogens is 236 g/mol. The minimum Gasteiger partial charge on any atom is -0.327 e. The van der Waals surface area contributed by atoms with Gasteiger partial charge in [0.1, 0.15) is 5.82 Å². The smallest absolute Gasteiger partial charge is 0.160 e. The predicted molar refractivity (Wildman–Crippen MR) is 75.9 cm³/mol. The Balaban J connectivity index is 2.06. The normalized spacial score (nSPS) is 30.6. The predicted octanol–water partition coefficient (Wildman–Crippen LogP) is 2.60. The van der Waals surface area contributed by atoms with Crippen LogP contribution in [0.1, 0.15) is 45.4 Å². The molecule has 2 aromatic heterocycles. The van der Waals surface area contributed by atoms with Crippen molar-refractivity contribution in [3.63, 3.8) is 0 Å². The fraction of sp³-hybridized carbons (Fsp3) is 0.600. The van der Waals surface area contributed by atoms with Gasteiger partial charge in [0.25, 0.3) is 0 Å². The van der Waals surface area contributed by atoms with Crippen molar-refractivity contribution in [3.8, 4) is 0 Å². The van der Waals surface area contributed by atoms with E-state index in [1.165, 1.54) is 0 Å². The van der Waals surface area contributed by atoms with Gasteiger partial charge in [-0.05, 0) is 36.3 Å². The average Bonchev–Trinajstić information content (AvgIpc) is 2.80. The molecule has 0 bridgehead atoms. The van der Waals surface area contributed by atoms with Crippen molar-refractivity contribution in [3.05, 3.63) is 30.2 Å². The zero-order valence-electron chi connectivity index (χ0n) is 11.9. The maximum Gasteiger partial charge on any atom is 0.160 e. The van der Waals surface area contributed by atoms with Crippen molar-refractivity contribution in [1.29, 1.82) is 0 Å². The Labute approximate surface area is 114 Å². The second kappa shape index (κ2) is 4.30. The van der Waals surface area contributed by atoms with Crippen LogP contribution in [0.5, 0.6) is 0 Å². The molecule has 3 atom stereocenters. The number of nitrogens with zero attached hydrogens (tertiary/aromatic N) is 3. The summed E-state index contributed by atoms with van der Waals surface area (Å²) in [5.41, 5.74) is 7.32. The van der Waals surface area contributed by atoms with E-state index in [4.69, 9.17) is 5.73 Å². The van der Waals surface area contributed by atoms with Crippen LogP contribution in [0.25, 0.3) is 5.65 Å². The molecule has 1 aliphatic rings. The Morgan fingerprint density at radius 1 is 1.26 bits per heavy atom. The highest BCUT2D eigenvalue weighted by Crippen LogP contribution is 2.49. The van der Waals surface area contributed by atoms with Gasteiger partial charge in [-0.1, -0.05) is 26.8 Å². The Kier molecular flexibility index (Phi) is 2.86. The number of rotatable bonds is 1. The Morgan fingerprint density at radius 3 is 2.84 bits per heavy atom. The van der Waals surface area contributed by atoms with Gasteiger partial charge < -0.3 is 5.73 Å². The molecular formula is C15H22N4. The first kappa shape index (κ1) is 12.6. The molecule has 2 aromatic rings. The van der Waals surface area contributed by atoms with Crippen LogP contribution in [0.2, 0.25) is 0 Å². The molecule has 19 heavy (non-hydrogen) atoms. The topological polar surface area (TPSA) is 56.2 Å². The van der Waals surface area contributed by atoms with Gasteiger partial charge in [0.15, 0.2) is 5.65 Å². The second-order valence-corrected chi connectivity index (χ2v) is 6.39. The van der Waals surface area contributed by atoms with Gasteiger partial charge in [-0.3, -0.25) is 4.40 Å². The monoisotopic (exact) mass is 258 g/mol. The lowest BCUT2D eigenvalue weighted by Gasteiger charge is -2.46. The van der Waals surface area contributed by atoms with Crippen LogP contribution in [0.4, 0.5) is 0 Å². The SMILES string of the molecule is CC1C(N)CCC(c2nnc3ccccn23)C1(C)C. The van der Waals surface area contributed by atoms with Crippen molar-refractivity contribution in [1.82, 2.24) is 14.6 Å². The van der Waals surface area contributed by atoms with Crippen LogP contribution in [-0.4, -0.2) is 20.6 Å². The zero-order chi connectivity index (χ0) is 13.6. The van der Waals surface area contributed by atoms with Gasteiger partial charge in [0, 0.05) is 18.2 Å². The lowest BCUT2D eigenvalue weighted by atomic mass is 9.61. The molecule has 0 spiro atoms. The van der Waals surface area contributed by atoms with Crippen molar-refractivity contribution in [2.24, 2.45) is 17.1 Å². The highest BCUT2D eigenvalue weighted by molar-refractivity contribution is 5.38. The molecule has 0 radical (unpaired) electrons. The Bertz CT molecular complexity index is 587. The molecule has 0 aliphatic heterocycles. The van der Waals surface area contributed by atoms with Crippen molar-refractivity contribution in [2.75, 3.05) is 0 Å². The van der Waals surface area contributed by atoms with Crippen LogP contribution < -0.4 is 5.73 Å². The quantitative estimate of drug-likeness (QED) is 0.855. The molecule has 3 rings (SSSR count). The van der Waals surface area contributed by atoms with Gasteiger partial charge in [-0.25, -0.2) is 0 Å². The van der Waals surface area contributed by atoms with Crippen LogP contribution in [-0.2, 0) is 0 Å². The third-order valence-corrected chi connectivity index (χ3v) is 5.15. The summed E-state index contributed by atoms with van der Waals surface area (Å²) >= 11 is 0. The summed E-state index contributed by atoms with van der Waals surface area (Å²) in [7, 11) is 0. The van der Waals surface area contributed by atoms with Gasteiger partial charge in [-0.15, -0.1) is 10.2 Å². The third-order valence-electron chi connectivity index (χ3n) is 5.15. The average molecular weight is 258 g/mol. The van der Waals surface area contributed by atoms with Crippen molar-refractivity contribution >= 4 is 5.65 Å². The van der Waals surface area contributed by atoms with Crippen molar-refractivity contribution < 1.29 is 0 Å². The molecule has 4 nitrogen and oxygen atoms in total. The molecule has 2 heterocycles. The van der Waals surface area contributed by atoms with Gasteiger partial charge in [-0.2, -0.15) is 0 Å². The summed E-state index contributed by atoms with van der Waals surface area (Å²) in [4.78, 5) is 0. The standard InChI is InChI=1S/C15H22N4/c1-10-12(16)8-7-11(15(10,2)3)14-18-17-13-6-4-5-9-19(13)14/h4-6,9-12H,7-8,16H2,1-3H3. The molecule has 3 unspecified atom stereocenters. The Morgan fingerprint density at radius 2 is 2.05 bits per heavy atom. The zero-order valence-corrected chi connectivity index (χ0v) is 11.9. The summed E-state index contributed by atoms with van der Waals surface area (Å²) in [5, 5.41) is 8.73. The van der Waals surface area contributed by atoms with Gasteiger partial charge in [0.05, 0.1) is 0 Å². The first-order valence-electron chi connectivity index (χ1n) is 7.07. The molecule has 4 heteroatoms. The molecule has 102 valence electrons. The minimum absolute atomic E-state index is 0.149. The second-order valence-electron chi connectivity index (χ2n) is 6.39. The van der Waals surface area contributed by atoms with E-state index in [-0.39, 0.29) is 5.41 Å². The van der Waals surface area contributed by atoms with E-state index >= 15 is 0 Å². The molecule has 1 aliphatic carbocycles. The highest BCUT2D eigenvalue weighted by atomic mass is 15.2. The molecule has 0 aromatic carbocycles. The number of hydrogen-bond acceptors (Lipinski definition) is 3. The lowest BCUT2D eigenvalue weighted by molar-refractivity contribution is 0.0943. The first-order chi connectivity index (χ1) is 9.01. The minimum atomic E-state index is 0.149. The van der Waals surface area contributed by atoms with E-state index < -0.39 is 0 Å². The molecule has 1 fully saturated rings. The van der Waals surface area contributed by atoms with Gasteiger partial charge in [0.2, 0.25) is 0 Å². The fourth-order valence-electron chi connectivity index (χ4n) is 3.41. The van der Waals surface area contributed by atoms with Crippen LogP contribution >= 0.6 is 0 Å². The number of aromatic nitrogens is 3. The Hall–Kier alpha value is -1.42. The first-order valence-corrected chi connectivity index (χ1v) is 7.07. The van der Waals surface area contributed by atoms with Crippen LogP contribution in [0, 0.1) is 11.3 Å². The van der Waals surface area contributed by atoms with E-state index in [1.807, 2.05) is 18.2 Å². The molecule has 0 saturated heterocycles. The number of pyridine rings is 1. The fourth-order valence-corrected chi connectivity index (χ4v) is 3.41. The third kappa shape index (κ3) is 1.86. The summed E-state index contributed by atoms with van der Waals surface area (Å²) in [6.45, 7) is 6.89. The maximum atomic E-state index is 6.24. The summed E-state index contributed by atoms with van der Waals surface area (Å²) in [6, 6.07) is 6.33. The molecule has 2 N–H and O–H groups in total. The van der Waals surface area contributed by atoms with E-state index in [9.17, 15) is 0 Å². The van der Waals surface area contributed by atoms with Crippen LogP contribution in [0.15, 0.2) is 24.4 Å². The van der Waals surface area contributed by atoms with E-state index in [0.717, 1.165) is 24.3 Å². The van der Waals surface area contributed by atoms with E-state index in [1.54, 1.807) is 0 Å². The number of fused-ring (bicyclic) bond motifs is 1. The van der Waals surface area contributed by atoms with Gasteiger partial charge >= 0.3 is 0 Å². The highest BCUT2D eigenvalue weighted by Gasteiger charge is 2.44. The van der Waals surface area contributed by atoms with E-state index in [0.29, 0.717) is 17.9 Å². The summed E-state index contributed by atoms with van der Waals surface area (Å²) < 4.78 is 2.12. The molecule has 0 amide bonds.